The van der Waals surface area contributed by atoms with E-state index in [-0.39, 0.29) is 6.10 Å². The van der Waals surface area contributed by atoms with Gasteiger partial charge in [-0.25, -0.2) is 0 Å². The van der Waals surface area contributed by atoms with E-state index in [1.807, 2.05) is 0 Å². The van der Waals surface area contributed by atoms with Gasteiger partial charge in [0, 0.05) is 0 Å². The van der Waals surface area contributed by atoms with Crippen LogP contribution in [0.3, 0.4) is 0 Å². The Balaban J connectivity index is 2.26. The minimum absolute atomic E-state index is 0.294. The Morgan fingerprint density at radius 1 is 1.19 bits per heavy atom. The second-order valence-corrected chi connectivity index (χ2v) is 5.83. The van der Waals surface area contributed by atoms with E-state index >= 15 is 0 Å². The third-order valence-corrected chi connectivity index (χ3v) is 3.94. The smallest absolute Gasteiger partial charge is 0.0799 e. The molecule has 96 valence electrons. The minimum atomic E-state index is -0.294. The summed E-state index contributed by atoms with van der Waals surface area (Å²) in [4.78, 5) is 0. The van der Waals surface area contributed by atoms with Gasteiger partial charge < -0.3 is 9.84 Å². The van der Waals surface area contributed by atoms with Crippen LogP contribution in [0.25, 0.3) is 0 Å². The second kappa shape index (κ2) is 6.61. The lowest BCUT2D eigenvalue weighted by molar-refractivity contribution is -0.0541. The number of hydrogen-bond acceptors (Lipinski definition) is 2. The van der Waals surface area contributed by atoms with Gasteiger partial charge in [0.1, 0.15) is 0 Å². The second-order valence-electron chi connectivity index (χ2n) is 5.83. The Bertz CT molecular complexity index is 183. The zero-order valence-electron chi connectivity index (χ0n) is 11.3. The van der Waals surface area contributed by atoms with Gasteiger partial charge in [0.25, 0.3) is 0 Å². The maximum Gasteiger partial charge on any atom is 0.0799 e. The van der Waals surface area contributed by atoms with Crippen molar-refractivity contribution in [3.63, 3.8) is 0 Å². The van der Waals surface area contributed by atoms with Gasteiger partial charge in [-0.1, -0.05) is 34.1 Å². The number of ether oxygens (including phenoxy) is 1. The maximum absolute atomic E-state index is 9.86. The lowest BCUT2D eigenvalue weighted by Gasteiger charge is -2.32. The van der Waals surface area contributed by atoms with E-state index in [2.05, 4.69) is 27.7 Å². The van der Waals surface area contributed by atoms with Crippen LogP contribution in [0.4, 0.5) is 0 Å². The van der Waals surface area contributed by atoms with Crippen molar-refractivity contribution in [2.24, 2.45) is 17.8 Å². The lowest BCUT2D eigenvalue weighted by Crippen LogP contribution is -2.31. The Labute approximate surface area is 100 Å². The van der Waals surface area contributed by atoms with Crippen LogP contribution >= 0.6 is 0 Å². The molecule has 0 bridgehead atoms. The maximum atomic E-state index is 9.86. The first-order chi connectivity index (χ1) is 7.52. The van der Waals surface area contributed by atoms with Crippen LogP contribution in [0, 0.1) is 17.8 Å². The van der Waals surface area contributed by atoms with Crippen LogP contribution in [0.1, 0.15) is 53.4 Å². The van der Waals surface area contributed by atoms with E-state index in [0.29, 0.717) is 18.6 Å². The molecule has 0 heterocycles. The van der Waals surface area contributed by atoms with Crippen molar-refractivity contribution in [2.45, 2.75) is 65.6 Å². The van der Waals surface area contributed by atoms with Crippen LogP contribution in [0.5, 0.6) is 0 Å². The van der Waals surface area contributed by atoms with Crippen LogP contribution in [-0.4, -0.2) is 23.9 Å². The van der Waals surface area contributed by atoms with Gasteiger partial charge in [0.15, 0.2) is 0 Å². The summed E-state index contributed by atoms with van der Waals surface area (Å²) in [5.74, 6) is 1.89. The van der Waals surface area contributed by atoms with Gasteiger partial charge in [0.05, 0.1) is 18.8 Å². The topological polar surface area (TPSA) is 29.5 Å². The fourth-order valence-electron chi connectivity index (χ4n) is 2.68. The summed E-state index contributed by atoms with van der Waals surface area (Å²) in [7, 11) is 0. The van der Waals surface area contributed by atoms with E-state index < -0.39 is 0 Å². The van der Waals surface area contributed by atoms with E-state index in [9.17, 15) is 5.11 Å². The average Bonchev–Trinajstić information content (AvgIpc) is 2.23. The fourth-order valence-corrected chi connectivity index (χ4v) is 2.68. The predicted octanol–water partition coefficient (Wildman–Crippen LogP) is 3.23. The Kier molecular flexibility index (Phi) is 5.77. The van der Waals surface area contributed by atoms with E-state index in [0.717, 1.165) is 31.1 Å². The summed E-state index contributed by atoms with van der Waals surface area (Å²) in [6.45, 7) is 9.31. The number of aliphatic hydroxyl groups is 1. The molecular weight excluding hydrogens is 200 g/mol. The van der Waals surface area contributed by atoms with Gasteiger partial charge in [-0.2, -0.15) is 0 Å². The molecule has 0 amide bonds. The summed E-state index contributed by atoms with van der Waals surface area (Å²) in [5, 5.41) is 9.86. The molecule has 0 spiro atoms. The zero-order chi connectivity index (χ0) is 12.1. The van der Waals surface area contributed by atoms with E-state index in [1.54, 1.807) is 0 Å². The Morgan fingerprint density at radius 2 is 1.75 bits per heavy atom. The van der Waals surface area contributed by atoms with Crippen molar-refractivity contribution in [3.8, 4) is 0 Å². The highest BCUT2D eigenvalue weighted by atomic mass is 16.5. The first-order valence-electron chi connectivity index (χ1n) is 6.82. The molecule has 0 aromatic rings. The van der Waals surface area contributed by atoms with Crippen LogP contribution in [-0.2, 0) is 4.74 Å². The van der Waals surface area contributed by atoms with Crippen molar-refractivity contribution in [1.29, 1.82) is 0 Å². The molecule has 0 aliphatic heterocycles. The molecular formula is C14H28O2. The molecule has 2 heteroatoms. The summed E-state index contributed by atoms with van der Waals surface area (Å²) in [6.07, 6.45) is 4.75. The monoisotopic (exact) mass is 228 g/mol. The lowest BCUT2D eigenvalue weighted by atomic mass is 9.82. The quantitative estimate of drug-likeness (QED) is 0.783. The van der Waals surface area contributed by atoms with Gasteiger partial charge in [-0.3, -0.25) is 0 Å². The molecule has 1 fully saturated rings. The third-order valence-electron chi connectivity index (χ3n) is 3.94. The van der Waals surface area contributed by atoms with Gasteiger partial charge in [-0.05, 0) is 37.0 Å². The van der Waals surface area contributed by atoms with Crippen LogP contribution < -0.4 is 0 Å². The molecule has 1 saturated carbocycles. The summed E-state index contributed by atoms with van der Waals surface area (Å²) >= 11 is 0. The molecule has 16 heavy (non-hydrogen) atoms. The van der Waals surface area contributed by atoms with E-state index in [1.165, 1.54) is 6.42 Å². The number of hydrogen-bond donors (Lipinski definition) is 1. The third kappa shape index (κ3) is 4.42. The van der Waals surface area contributed by atoms with Crippen molar-refractivity contribution in [1.82, 2.24) is 0 Å². The molecule has 0 radical (unpaired) electrons. The molecule has 1 rings (SSSR count). The van der Waals surface area contributed by atoms with E-state index in [4.69, 9.17) is 4.74 Å². The first-order valence-corrected chi connectivity index (χ1v) is 6.82. The first kappa shape index (κ1) is 14.0. The molecule has 2 nitrogen and oxygen atoms in total. The molecule has 0 saturated heterocycles. The largest absolute Gasteiger partial charge is 0.390 e. The molecule has 1 N–H and O–H groups in total. The predicted molar refractivity (Wildman–Crippen MR) is 67.4 cm³/mol. The standard InChI is InChI=1S/C14H28O2/c1-5-12(4)14(15)9-16-13-7-10(2)6-11(3)8-13/h10-15H,5-9H2,1-4H3. The number of aliphatic hydroxyl groups excluding tert-OH is 1. The normalized spacial score (nSPS) is 34.7. The van der Waals surface area contributed by atoms with Gasteiger partial charge >= 0.3 is 0 Å². The minimum Gasteiger partial charge on any atom is -0.390 e. The highest BCUT2D eigenvalue weighted by molar-refractivity contribution is 4.76. The van der Waals surface area contributed by atoms with Crippen LogP contribution in [0.15, 0.2) is 0 Å². The molecule has 0 aromatic carbocycles. The average molecular weight is 228 g/mol. The van der Waals surface area contributed by atoms with Crippen molar-refractivity contribution >= 4 is 0 Å². The molecule has 1 aliphatic carbocycles. The zero-order valence-corrected chi connectivity index (χ0v) is 11.3. The Morgan fingerprint density at radius 3 is 2.25 bits per heavy atom. The van der Waals surface area contributed by atoms with Crippen LogP contribution in [0.2, 0.25) is 0 Å². The highest BCUT2D eigenvalue weighted by Gasteiger charge is 2.25. The fraction of sp³-hybridized carbons (Fsp3) is 1.00. The van der Waals surface area contributed by atoms with Gasteiger partial charge in [-0.15, -0.1) is 0 Å². The molecule has 0 aromatic heterocycles. The van der Waals surface area contributed by atoms with Crippen molar-refractivity contribution in [3.05, 3.63) is 0 Å². The summed E-state index contributed by atoms with van der Waals surface area (Å²) < 4.78 is 5.86. The number of rotatable bonds is 5. The molecule has 4 unspecified atom stereocenters. The molecule has 4 atom stereocenters. The Hall–Kier alpha value is -0.0800. The summed E-state index contributed by atoms with van der Waals surface area (Å²) in [5.41, 5.74) is 0. The SMILES string of the molecule is CCC(C)C(O)COC1CC(C)CC(C)C1. The van der Waals surface area contributed by atoms with Crippen molar-refractivity contribution in [2.75, 3.05) is 6.61 Å². The van der Waals surface area contributed by atoms with Gasteiger partial charge in [0.2, 0.25) is 0 Å². The molecule has 1 aliphatic rings. The summed E-state index contributed by atoms with van der Waals surface area (Å²) in [6, 6.07) is 0. The van der Waals surface area contributed by atoms with Crippen molar-refractivity contribution < 1.29 is 9.84 Å². The highest BCUT2D eigenvalue weighted by Crippen LogP contribution is 2.30.